The average Bonchev–Trinajstić information content (AvgIpc) is 2.43. The number of nitrogens with zero attached hydrogens (tertiary/aromatic N) is 1. The lowest BCUT2D eigenvalue weighted by Gasteiger charge is -2.13. The zero-order valence-corrected chi connectivity index (χ0v) is 10.6. The second-order valence-electron chi connectivity index (χ2n) is 3.98. The van der Waals surface area contributed by atoms with Crippen LogP contribution in [0, 0.1) is 0 Å². The molecule has 6 nitrogen and oxygen atoms in total. The number of nitrogens with one attached hydrogen (secondary N) is 1. The molecule has 1 unspecified atom stereocenters. The zero-order chi connectivity index (χ0) is 13.5. The van der Waals surface area contributed by atoms with E-state index in [0.717, 1.165) is 5.56 Å². The average molecular weight is 253 g/mol. The minimum absolute atomic E-state index is 0.00362. The van der Waals surface area contributed by atoms with Crippen molar-refractivity contribution in [1.82, 2.24) is 5.32 Å². The van der Waals surface area contributed by atoms with Gasteiger partial charge in [-0.3, -0.25) is 0 Å². The molecule has 18 heavy (non-hydrogen) atoms. The summed E-state index contributed by atoms with van der Waals surface area (Å²) in [6, 6.07) is 5.43. The molecule has 5 N–H and O–H groups in total. The summed E-state index contributed by atoms with van der Waals surface area (Å²) in [6.45, 7) is 2.54. The first-order valence-corrected chi connectivity index (χ1v) is 5.61. The molecule has 0 bridgehead atoms. The number of benzene rings is 1. The van der Waals surface area contributed by atoms with Crippen molar-refractivity contribution in [3.63, 3.8) is 0 Å². The Balaban J connectivity index is 2.89. The highest BCUT2D eigenvalue weighted by atomic mass is 16.5. The van der Waals surface area contributed by atoms with E-state index in [1.54, 1.807) is 12.1 Å². The third-order valence-corrected chi connectivity index (χ3v) is 2.58. The van der Waals surface area contributed by atoms with Crippen molar-refractivity contribution in [2.75, 3.05) is 13.7 Å². The summed E-state index contributed by atoms with van der Waals surface area (Å²) in [5, 5.41) is 23.7. The molecule has 0 saturated heterocycles. The molecule has 0 saturated carbocycles. The molecule has 1 aromatic carbocycles. The summed E-state index contributed by atoms with van der Waals surface area (Å²) in [6.07, 6.45) is 0. The first-order chi connectivity index (χ1) is 8.62. The van der Waals surface area contributed by atoms with Gasteiger partial charge in [-0.15, -0.1) is 0 Å². The predicted molar refractivity (Wildman–Crippen MR) is 68.9 cm³/mol. The Bertz CT molecular complexity index is 421. The molecule has 0 aliphatic heterocycles. The van der Waals surface area contributed by atoms with E-state index in [0.29, 0.717) is 17.9 Å². The topological polar surface area (TPSA) is 100 Å². The summed E-state index contributed by atoms with van der Waals surface area (Å²) in [4.78, 5) is 0. The van der Waals surface area contributed by atoms with E-state index in [1.165, 1.54) is 7.11 Å². The van der Waals surface area contributed by atoms with Gasteiger partial charge >= 0.3 is 0 Å². The Morgan fingerprint density at radius 3 is 2.83 bits per heavy atom. The van der Waals surface area contributed by atoms with Crippen molar-refractivity contribution >= 4 is 5.84 Å². The van der Waals surface area contributed by atoms with Crippen molar-refractivity contribution in [2.45, 2.75) is 19.5 Å². The number of aliphatic hydroxyl groups excluding tert-OH is 1. The molecule has 0 spiro atoms. The second kappa shape index (κ2) is 6.83. The number of methoxy groups -OCH3 is 1. The predicted octanol–water partition coefficient (Wildman–Crippen LogP) is 0.260. The van der Waals surface area contributed by atoms with Crippen molar-refractivity contribution in [3.8, 4) is 5.75 Å². The fourth-order valence-corrected chi connectivity index (χ4v) is 1.48. The zero-order valence-electron chi connectivity index (χ0n) is 10.6. The molecule has 0 fully saturated rings. The largest absolute Gasteiger partial charge is 0.496 e. The molecule has 100 valence electrons. The van der Waals surface area contributed by atoms with Gasteiger partial charge < -0.3 is 26.1 Å². The Labute approximate surface area is 106 Å². The number of rotatable bonds is 6. The Morgan fingerprint density at radius 2 is 2.28 bits per heavy atom. The maximum atomic E-state index is 8.92. The number of hydrogen-bond donors (Lipinski definition) is 4. The Hall–Kier alpha value is -1.79. The first-order valence-electron chi connectivity index (χ1n) is 5.61. The monoisotopic (exact) mass is 253 g/mol. The first kappa shape index (κ1) is 14.3. The van der Waals surface area contributed by atoms with Crippen LogP contribution in [0.1, 0.15) is 18.1 Å². The molecule has 6 heteroatoms. The standard InChI is InChI=1S/C12H19N3O3/c1-8(7-16)14-6-9-3-4-11(18-2)10(5-9)12(13)15-17/h3-5,8,14,16-17H,6-7H2,1-2H3,(H2,13,15). The summed E-state index contributed by atoms with van der Waals surface area (Å²) in [7, 11) is 1.52. The van der Waals surface area contributed by atoms with Gasteiger partial charge in [0.15, 0.2) is 5.84 Å². The van der Waals surface area contributed by atoms with Crippen LogP contribution < -0.4 is 15.8 Å². The quantitative estimate of drug-likeness (QED) is 0.252. The number of aliphatic hydroxyl groups is 1. The lowest BCUT2D eigenvalue weighted by molar-refractivity contribution is 0.251. The number of hydrogen-bond acceptors (Lipinski definition) is 5. The van der Waals surface area contributed by atoms with Gasteiger partial charge in [0.1, 0.15) is 5.75 Å². The van der Waals surface area contributed by atoms with Gasteiger partial charge in [0, 0.05) is 12.6 Å². The van der Waals surface area contributed by atoms with E-state index in [2.05, 4.69) is 10.5 Å². The van der Waals surface area contributed by atoms with Gasteiger partial charge in [-0.2, -0.15) is 0 Å². The maximum absolute atomic E-state index is 8.92. The Morgan fingerprint density at radius 1 is 1.56 bits per heavy atom. The summed E-state index contributed by atoms with van der Waals surface area (Å²) < 4.78 is 5.14. The van der Waals surface area contributed by atoms with Crippen LogP contribution in [0.2, 0.25) is 0 Å². The van der Waals surface area contributed by atoms with E-state index in [-0.39, 0.29) is 18.5 Å². The van der Waals surface area contributed by atoms with Gasteiger partial charge in [0.25, 0.3) is 0 Å². The maximum Gasteiger partial charge on any atom is 0.173 e. The van der Waals surface area contributed by atoms with E-state index < -0.39 is 0 Å². The van der Waals surface area contributed by atoms with Gasteiger partial charge in [-0.25, -0.2) is 0 Å². The van der Waals surface area contributed by atoms with Crippen LogP contribution in [0.5, 0.6) is 5.75 Å². The minimum atomic E-state index is 0.00362. The molecule has 0 heterocycles. The fourth-order valence-electron chi connectivity index (χ4n) is 1.48. The van der Waals surface area contributed by atoms with E-state index in [9.17, 15) is 0 Å². The van der Waals surface area contributed by atoms with Gasteiger partial charge in [0.05, 0.1) is 19.3 Å². The highest BCUT2D eigenvalue weighted by Gasteiger charge is 2.09. The van der Waals surface area contributed by atoms with Crippen molar-refractivity contribution < 1.29 is 15.1 Å². The second-order valence-corrected chi connectivity index (χ2v) is 3.98. The van der Waals surface area contributed by atoms with Crippen LogP contribution in [-0.4, -0.2) is 35.9 Å². The molecule has 1 atom stereocenters. The molecule has 0 radical (unpaired) electrons. The summed E-state index contributed by atoms with van der Waals surface area (Å²) >= 11 is 0. The lowest BCUT2D eigenvalue weighted by Crippen LogP contribution is -2.28. The van der Waals surface area contributed by atoms with Crippen molar-refractivity contribution in [1.29, 1.82) is 0 Å². The molecule has 0 aromatic heterocycles. The van der Waals surface area contributed by atoms with Gasteiger partial charge in [-0.05, 0) is 24.6 Å². The highest BCUT2D eigenvalue weighted by molar-refractivity contribution is 5.99. The smallest absolute Gasteiger partial charge is 0.173 e. The lowest BCUT2D eigenvalue weighted by atomic mass is 10.1. The van der Waals surface area contributed by atoms with Crippen LogP contribution >= 0.6 is 0 Å². The molecule has 1 rings (SSSR count). The third-order valence-electron chi connectivity index (χ3n) is 2.58. The van der Waals surface area contributed by atoms with E-state index in [4.69, 9.17) is 20.8 Å². The van der Waals surface area contributed by atoms with Gasteiger partial charge in [-0.1, -0.05) is 11.2 Å². The molecule has 1 aromatic rings. The molecular formula is C12H19N3O3. The summed E-state index contributed by atoms with van der Waals surface area (Å²) in [5.74, 6) is 0.549. The van der Waals surface area contributed by atoms with Crippen molar-refractivity contribution in [2.24, 2.45) is 10.9 Å². The third kappa shape index (κ3) is 3.61. The van der Waals surface area contributed by atoms with E-state index >= 15 is 0 Å². The van der Waals surface area contributed by atoms with Crippen LogP contribution in [0.25, 0.3) is 0 Å². The highest BCUT2D eigenvalue weighted by Crippen LogP contribution is 2.19. The van der Waals surface area contributed by atoms with Crippen LogP contribution in [0.15, 0.2) is 23.4 Å². The van der Waals surface area contributed by atoms with E-state index in [1.807, 2.05) is 13.0 Å². The number of oxime groups is 1. The Kier molecular flexibility index (Phi) is 5.41. The molecule has 0 aliphatic rings. The normalized spacial score (nSPS) is 13.4. The molecule has 0 amide bonds. The SMILES string of the molecule is COc1ccc(CNC(C)CO)cc1C(N)=NO. The number of nitrogens with two attached hydrogens (primary N) is 1. The van der Waals surface area contributed by atoms with Crippen LogP contribution in [0.3, 0.4) is 0 Å². The van der Waals surface area contributed by atoms with Gasteiger partial charge in [0.2, 0.25) is 0 Å². The molecular weight excluding hydrogens is 234 g/mol. The van der Waals surface area contributed by atoms with Crippen LogP contribution in [-0.2, 0) is 6.54 Å². The fraction of sp³-hybridized carbons (Fsp3) is 0.417. The van der Waals surface area contributed by atoms with Crippen LogP contribution in [0.4, 0.5) is 0 Å². The number of amidine groups is 1. The van der Waals surface area contributed by atoms with Crippen molar-refractivity contribution in [3.05, 3.63) is 29.3 Å². The summed E-state index contributed by atoms with van der Waals surface area (Å²) in [5.41, 5.74) is 7.08. The number of ether oxygens (including phenoxy) is 1. The molecule has 0 aliphatic carbocycles. The minimum Gasteiger partial charge on any atom is -0.496 e.